The van der Waals surface area contributed by atoms with Gasteiger partial charge in [-0.25, -0.2) is 0 Å². The van der Waals surface area contributed by atoms with Crippen LogP contribution >= 0.6 is 0 Å². The summed E-state index contributed by atoms with van der Waals surface area (Å²) in [5, 5.41) is 8.11. The number of aromatic amines is 1. The highest BCUT2D eigenvalue weighted by molar-refractivity contribution is 6.76. The molecule has 17 heavy (non-hydrogen) atoms. The van der Waals surface area contributed by atoms with Crippen molar-refractivity contribution in [2.45, 2.75) is 32.3 Å². The molecule has 92 valence electrons. The van der Waals surface area contributed by atoms with E-state index in [9.17, 15) is 0 Å². The molecule has 2 rings (SSSR count). The summed E-state index contributed by atoms with van der Waals surface area (Å²) in [4.78, 5) is 0. The van der Waals surface area contributed by atoms with E-state index < -0.39 is 8.07 Å². The van der Waals surface area contributed by atoms with Crippen LogP contribution in [0.15, 0.2) is 24.4 Å². The minimum absolute atomic E-state index is 0.700. The lowest BCUT2D eigenvalue weighted by Crippen LogP contribution is -2.21. The van der Waals surface area contributed by atoms with Gasteiger partial charge in [0.2, 0.25) is 0 Å². The Morgan fingerprint density at radius 3 is 2.88 bits per heavy atom. The SMILES string of the molecule is C[Si](C)(C)CCOCc1ccc2[nH]ncc2c1. The zero-order valence-electron chi connectivity index (χ0n) is 10.8. The molecule has 0 saturated carbocycles. The van der Waals surface area contributed by atoms with Crippen molar-refractivity contribution in [2.24, 2.45) is 0 Å². The van der Waals surface area contributed by atoms with Crippen LogP contribution in [0.1, 0.15) is 5.56 Å². The fraction of sp³-hybridized carbons (Fsp3) is 0.462. The van der Waals surface area contributed by atoms with E-state index in [-0.39, 0.29) is 0 Å². The molecule has 0 bridgehead atoms. The second-order valence-corrected chi connectivity index (χ2v) is 11.3. The van der Waals surface area contributed by atoms with Crippen LogP contribution in [0.5, 0.6) is 0 Å². The van der Waals surface area contributed by atoms with Crippen molar-refractivity contribution in [2.75, 3.05) is 6.61 Å². The fourth-order valence-electron chi connectivity index (χ4n) is 1.65. The third-order valence-electron chi connectivity index (χ3n) is 2.77. The number of hydrogen-bond acceptors (Lipinski definition) is 2. The fourth-order valence-corrected chi connectivity index (χ4v) is 2.41. The molecule has 0 unspecified atom stereocenters. The second kappa shape index (κ2) is 5.02. The van der Waals surface area contributed by atoms with Crippen LogP contribution in [0.4, 0.5) is 0 Å². The molecule has 3 nitrogen and oxygen atoms in total. The summed E-state index contributed by atoms with van der Waals surface area (Å²) in [5.41, 5.74) is 2.30. The molecule has 0 aliphatic rings. The normalized spacial score (nSPS) is 12.2. The smallest absolute Gasteiger partial charge is 0.0716 e. The molecular weight excluding hydrogens is 228 g/mol. The number of nitrogens with zero attached hydrogens (tertiary/aromatic N) is 1. The van der Waals surface area contributed by atoms with Gasteiger partial charge in [0.25, 0.3) is 0 Å². The summed E-state index contributed by atoms with van der Waals surface area (Å²) in [6.07, 6.45) is 1.85. The van der Waals surface area contributed by atoms with Crippen LogP contribution in [-0.4, -0.2) is 24.9 Å². The van der Waals surface area contributed by atoms with E-state index in [0.717, 1.165) is 17.5 Å². The number of nitrogens with one attached hydrogen (secondary N) is 1. The zero-order chi connectivity index (χ0) is 12.3. The highest BCUT2D eigenvalue weighted by Crippen LogP contribution is 2.14. The molecule has 0 spiro atoms. The molecule has 1 heterocycles. The lowest BCUT2D eigenvalue weighted by molar-refractivity contribution is 0.133. The first kappa shape index (κ1) is 12.3. The van der Waals surface area contributed by atoms with Gasteiger partial charge in [0.05, 0.1) is 18.3 Å². The molecule has 1 aromatic carbocycles. The molecule has 0 amide bonds. The Morgan fingerprint density at radius 1 is 1.29 bits per heavy atom. The third kappa shape index (κ3) is 3.68. The molecule has 0 radical (unpaired) electrons. The second-order valence-electron chi connectivity index (χ2n) is 5.65. The number of H-pyrrole nitrogens is 1. The van der Waals surface area contributed by atoms with Gasteiger partial charge in [-0.3, -0.25) is 5.10 Å². The predicted molar refractivity (Wildman–Crippen MR) is 73.9 cm³/mol. The largest absolute Gasteiger partial charge is 0.377 e. The zero-order valence-corrected chi connectivity index (χ0v) is 11.8. The van der Waals surface area contributed by atoms with Crippen molar-refractivity contribution in [3.05, 3.63) is 30.0 Å². The Labute approximate surface area is 103 Å². The molecule has 0 atom stereocenters. The Bertz CT molecular complexity index is 487. The van der Waals surface area contributed by atoms with Gasteiger partial charge in [0, 0.05) is 20.1 Å². The summed E-state index contributed by atoms with van der Waals surface area (Å²) in [6.45, 7) is 8.68. The van der Waals surface area contributed by atoms with Crippen LogP contribution in [0.25, 0.3) is 10.9 Å². The molecule has 4 heteroatoms. The van der Waals surface area contributed by atoms with Gasteiger partial charge in [-0.1, -0.05) is 25.7 Å². The monoisotopic (exact) mass is 248 g/mol. The summed E-state index contributed by atoms with van der Waals surface area (Å²) >= 11 is 0. The van der Waals surface area contributed by atoms with E-state index >= 15 is 0 Å². The number of aromatic nitrogens is 2. The van der Waals surface area contributed by atoms with E-state index in [1.807, 2.05) is 6.20 Å². The van der Waals surface area contributed by atoms with Crippen molar-refractivity contribution in [3.63, 3.8) is 0 Å². The van der Waals surface area contributed by atoms with Crippen molar-refractivity contribution in [1.82, 2.24) is 10.2 Å². The van der Waals surface area contributed by atoms with Gasteiger partial charge < -0.3 is 4.74 Å². The predicted octanol–water partition coefficient (Wildman–Crippen LogP) is 3.42. The van der Waals surface area contributed by atoms with E-state index in [0.29, 0.717) is 6.61 Å². The lowest BCUT2D eigenvalue weighted by atomic mass is 10.2. The Kier molecular flexibility index (Phi) is 3.64. The molecule has 1 aromatic heterocycles. The molecule has 0 fully saturated rings. The summed E-state index contributed by atoms with van der Waals surface area (Å²) in [7, 11) is -0.968. The van der Waals surface area contributed by atoms with Gasteiger partial charge in [0.15, 0.2) is 0 Å². The van der Waals surface area contributed by atoms with E-state index in [1.165, 1.54) is 11.6 Å². The van der Waals surface area contributed by atoms with E-state index in [1.54, 1.807) is 0 Å². The maximum atomic E-state index is 5.73. The van der Waals surface area contributed by atoms with Crippen LogP contribution in [0.3, 0.4) is 0 Å². The van der Waals surface area contributed by atoms with E-state index in [2.05, 4.69) is 48.0 Å². The van der Waals surface area contributed by atoms with Gasteiger partial charge in [-0.2, -0.15) is 5.10 Å². The van der Waals surface area contributed by atoms with Crippen LogP contribution in [0, 0.1) is 0 Å². The molecule has 2 aromatic rings. The minimum atomic E-state index is -0.968. The van der Waals surface area contributed by atoms with Gasteiger partial charge in [0.1, 0.15) is 0 Å². The summed E-state index contributed by atoms with van der Waals surface area (Å²) < 4.78 is 5.73. The number of ether oxygens (including phenoxy) is 1. The Morgan fingerprint density at radius 2 is 2.12 bits per heavy atom. The van der Waals surface area contributed by atoms with Crippen molar-refractivity contribution in [1.29, 1.82) is 0 Å². The Hall–Kier alpha value is -1.13. The average molecular weight is 248 g/mol. The van der Waals surface area contributed by atoms with E-state index in [4.69, 9.17) is 4.74 Å². The lowest BCUT2D eigenvalue weighted by Gasteiger charge is -2.15. The third-order valence-corrected chi connectivity index (χ3v) is 4.47. The summed E-state index contributed by atoms with van der Waals surface area (Å²) in [5.74, 6) is 0. The number of fused-ring (bicyclic) bond motifs is 1. The number of rotatable bonds is 5. The highest BCUT2D eigenvalue weighted by atomic mass is 28.3. The molecule has 0 aliphatic carbocycles. The minimum Gasteiger partial charge on any atom is -0.377 e. The van der Waals surface area contributed by atoms with Crippen LogP contribution < -0.4 is 0 Å². The highest BCUT2D eigenvalue weighted by Gasteiger charge is 2.11. The molecule has 1 N–H and O–H groups in total. The number of hydrogen-bond donors (Lipinski definition) is 1. The molecule has 0 aliphatic heterocycles. The van der Waals surface area contributed by atoms with Crippen molar-refractivity contribution >= 4 is 19.0 Å². The first-order valence-corrected chi connectivity index (χ1v) is 9.75. The van der Waals surface area contributed by atoms with Gasteiger partial charge in [-0.15, -0.1) is 0 Å². The van der Waals surface area contributed by atoms with Crippen LogP contribution in [-0.2, 0) is 11.3 Å². The maximum Gasteiger partial charge on any atom is 0.0716 e. The molecular formula is C13H20N2OSi. The standard InChI is InChI=1S/C13H20N2OSi/c1-17(2,3)7-6-16-10-11-4-5-13-12(8-11)9-14-15-13/h4-5,8-9H,6-7,10H2,1-3H3,(H,14,15). The quantitative estimate of drug-likeness (QED) is 0.650. The van der Waals surface area contributed by atoms with Gasteiger partial charge >= 0.3 is 0 Å². The first-order chi connectivity index (χ1) is 8.04. The van der Waals surface area contributed by atoms with Gasteiger partial charge in [-0.05, 0) is 23.7 Å². The first-order valence-electron chi connectivity index (χ1n) is 6.04. The average Bonchev–Trinajstić information content (AvgIpc) is 2.70. The topological polar surface area (TPSA) is 37.9 Å². The maximum absolute atomic E-state index is 5.73. The summed E-state index contributed by atoms with van der Waals surface area (Å²) in [6, 6.07) is 7.50. The van der Waals surface area contributed by atoms with Crippen LogP contribution in [0.2, 0.25) is 25.7 Å². The number of benzene rings is 1. The van der Waals surface area contributed by atoms with Crippen molar-refractivity contribution in [3.8, 4) is 0 Å². The Balaban J connectivity index is 1.86. The molecule has 0 saturated heterocycles. The van der Waals surface area contributed by atoms with Crippen molar-refractivity contribution < 1.29 is 4.74 Å².